The second-order valence-corrected chi connectivity index (χ2v) is 3.66. The number of hydrogen-bond acceptors (Lipinski definition) is 3. The summed E-state index contributed by atoms with van der Waals surface area (Å²) < 4.78 is 11.5. The van der Waals surface area contributed by atoms with Gasteiger partial charge in [0.05, 0.1) is 0 Å². The monoisotopic (exact) mass is 184 g/mol. The summed E-state index contributed by atoms with van der Waals surface area (Å²) in [4.78, 5) is 0. The molecule has 0 radical (unpaired) electrons. The van der Waals surface area contributed by atoms with Gasteiger partial charge in [0.1, 0.15) is 18.3 Å². The van der Waals surface area contributed by atoms with Gasteiger partial charge in [-0.05, 0) is 12.8 Å². The first-order chi connectivity index (χ1) is 6.21. The van der Waals surface area contributed by atoms with Crippen LogP contribution in [0.25, 0.3) is 0 Å². The van der Waals surface area contributed by atoms with Crippen LogP contribution in [0.15, 0.2) is 12.2 Å². The maximum absolute atomic E-state index is 9.53. The van der Waals surface area contributed by atoms with Gasteiger partial charge in [-0.15, -0.1) is 0 Å². The SMILES string of the molecule is CCC1(CC)O[C@H]2[C@@H](O)C=C[C@H]2O1. The fraction of sp³-hybridized carbons (Fsp3) is 0.800. The van der Waals surface area contributed by atoms with Crippen molar-refractivity contribution in [2.75, 3.05) is 0 Å². The highest BCUT2D eigenvalue weighted by atomic mass is 16.8. The first-order valence-corrected chi connectivity index (χ1v) is 4.93. The average Bonchev–Trinajstić information content (AvgIpc) is 2.67. The van der Waals surface area contributed by atoms with Gasteiger partial charge in [-0.25, -0.2) is 0 Å². The van der Waals surface area contributed by atoms with Gasteiger partial charge in [0.15, 0.2) is 5.79 Å². The zero-order valence-corrected chi connectivity index (χ0v) is 8.06. The van der Waals surface area contributed by atoms with E-state index >= 15 is 0 Å². The molecular weight excluding hydrogens is 168 g/mol. The number of aliphatic hydroxyl groups excluding tert-OH is 1. The van der Waals surface area contributed by atoms with E-state index in [4.69, 9.17) is 9.47 Å². The third-order valence-corrected chi connectivity index (χ3v) is 2.94. The quantitative estimate of drug-likeness (QED) is 0.656. The van der Waals surface area contributed by atoms with Crippen molar-refractivity contribution in [2.24, 2.45) is 0 Å². The summed E-state index contributed by atoms with van der Waals surface area (Å²) in [5.41, 5.74) is 0. The van der Waals surface area contributed by atoms with Crippen LogP contribution < -0.4 is 0 Å². The molecule has 0 saturated carbocycles. The van der Waals surface area contributed by atoms with Gasteiger partial charge < -0.3 is 14.6 Å². The molecule has 1 saturated heterocycles. The van der Waals surface area contributed by atoms with Crippen LogP contribution in [-0.2, 0) is 9.47 Å². The van der Waals surface area contributed by atoms with Crippen LogP contribution in [0.2, 0.25) is 0 Å². The van der Waals surface area contributed by atoms with Crippen molar-refractivity contribution in [3.8, 4) is 0 Å². The van der Waals surface area contributed by atoms with E-state index < -0.39 is 11.9 Å². The number of aliphatic hydroxyl groups is 1. The van der Waals surface area contributed by atoms with E-state index in [-0.39, 0.29) is 12.2 Å². The van der Waals surface area contributed by atoms with Crippen LogP contribution in [0.1, 0.15) is 26.7 Å². The molecule has 0 bridgehead atoms. The van der Waals surface area contributed by atoms with E-state index in [0.717, 1.165) is 12.8 Å². The fourth-order valence-electron chi connectivity index (χ4n) is 1.99. The van der Waals surface area contributed by atoms with Gasteiger partial charge in [0.25, 0.3) is 0 Å². The van der Waals surface area contributed by atoms with Crippen molar-refractivity contribution in [3.63, 3.8) is 0 Å². The molecule has 0 amide bonds. The molecule has 3 atom stereocenters. The lowest BCUT2D eigenvalue weighted by atomic mass is 10.1. The summed E-state index contributed by atoms with van der Waals surface area (Å²) in [7, 11) is 0. The lowest BCUT2D eigenvalue weighted by Gasteiger charge is -2.25. The van der Waals surface area contributed by atoms with Gasteiger partial charge in [-0.3, -0.25) is 0 Å². The van der Waals surface area contributed by atoms with Gasteiger partial charge in [-0.2, -0.15) is 0 Å². The molecule has 2 aliphatic rings. The van der Waals surface area contributed by atoms with E-state index in [1.165, 1.54) is 0 Å². The molecule has 1 aliphatic heterocycles. The highest BCUT2D eigenvalue weighted by molar-refractivity contribution is 5.13. The third-order valence-electron chi connectivity index (χ3n) is 2.94. The number of hydrogen-bond donors (Lipinski definition) is 1. The highest BCUT2D eigenvalue weighted by Gasteiger charge is 2.48. The molecule has 1 heterocycles. The first kappa shape index (κ1) is 9.19. The largest absolute Gasteiger partial charge is 0.386 e. The molecule has 0 aromatic rings. The Labute approximate surface area is 78.3 Å². The summed E-state index contributed by atoms with van der Waals surface area (Å²) in [6, 6.07) is 0. The molecule has 13 heavy (non-hydrogen) atoms. The highest BCUT2D eigenvalue weighted by Crippen LogP contribution is 2.38. The van der Waals surface area contributed by atoms with Gasteiger partial charge >= 0.3 is 0 Å². The third kappa shape index (κ3) is 1.31. The Morgan fingerprint density at radius 3 is 2.46 bits per heavy atom. The topological polar surface area (TPSA) is 38.7 Å². The zero-order chi connectivity index (χ0) is 9.47. The van der Waals surface area contributed by atoms with E-state index in [1.807, 2.05) is 19.9 Å². The molecule has 3 heteroatoms. The maximum atomic E-state index is 9.53. The van der Waals surface area contributed by atoms with Crippen LogP contribution in [-0.4, -0.2) is 29.2 Å². The Kier molecular flexibility index (Phi) is 2.18. The molecular formula is C10H16O3. The average molecular weight is 184 g/mol. The van der Waals surface area contributed by atoms with Crippen molar-refractivity contribution in [1.82, 2.24) is 0 Å². The second-order valence-electron chi connectivity index (χ2n) is 3.66. The smallest absolute Gasteiger partial charge is 0.169 e. The van der Waals surface area contributed by atoms with Crippen LogP contribution in [0.4, 0.5) is 0 Å². The fourth-order valence-corrected chi connectivity index (χ4v) is 1.99. The summed E-state index contributed by atoms with van der Waals surface area (Å²) in [6.45, 7) is 4.08. The molecule has 1 fully saturated rings. The first-order valence-electron chi connectivity index (χ1n) is 4.93. The minimum Gasteiger partial charge on any atom is -0.386 e. The second kappa shape index (κ2) is 3.08. The predicted molar refractivity (Wildman–Crippen MR) is 48.2 cm³/mol. The van der Waals surface area contributed by atoms with Gasteiger partial charge in [0, 0.05) is 0 Å². The predicted octanol–water partition coefficient (Wildman–Crippen LogP) is 1.22. The molecule has 2 rings (SSSR count). The van der Waals surface area contributed by atoms with Crippen molar-refractivity contribution >= 4 is 0 Å². The van der Waals surface area contributed by atoms with E-state index in [9.17, 15) is 5.11 Å². The Balaban J connectivity index is 2.12. The molecule has 1 N–H and O–H groups in total. The van der Waals surface area contributed by atoms with E-state index in [2.05, 4.69) is 0 Å². The molecule has 1 aliphatic carbocycles. The Hall–Kier alpha value is -0.380. The summed E-state index contributed by atoms with van der Waals surface area (Å²) >= 11 is 0. The zero-order valence-electron chi connectivity index (χ0n) is 8.06. The molecule has 74 valence electrons. The van der Waals surface area contributed by atoms with Crippen molar-refractivity contribution < 1.29 is 14.6 Å². The van der Waals surface area contributed by atoms with Crippen molar-refractivity contribution in [3.05, 3.63) is 12.2 Å². The minimum atomic E-state index is -0.495. The minimum absolute atomic E-state index is 0.0464. The maximum Gasteiger partial charge on any atom is 0.169 e. The lowest BCUT2D eigenvalue weighted by molar-refractivity contribution is -0.183. The summed E-state index contributed by atoms with van der Waals surface area (Å²) in [6.07, 6.45) is 4.57. The van der Waals surface area contributed by atoms with Gasteiger partial charge in [-0.1, -0.05) is 26.0 Å². The molecule has 3 nitrogen and oxygen atoms in total. The normalized spacial score (nSPS) is 41.0. The molecule has 0 unspecified atom stereocenters. The number of fused-ring (bicyclic) bond motifs is 1. The van der Waals surface area contributed by atoms with E-state index in [0.29, 0.717) is 0 Å². The van der Waals surface area contributed by atoms with Crippen LogP contribution in [0, 0.1) is 0 Å². The molecule has 0 aromatic heterocycles. The lowest BCUT2D eigenvalue weighted by Crippen LogP contribution is -2.32. The van der Waals surface area contributed by atoms with Crippen LogP contribution in [0.5, 0.6) is 0 Å². The molecule has 0 aromatic carbocycles. The standard InChI is InChI=1S/C10H16O3/c1-3-10(4-2)12-8-6-5-7(11)9(8)13-10/h5-9,11H,3-4H2,1-2H3/t7-,8+,9-/m0/s1. The number of ether oxygens (including phenoxy) is 2. The van der Waals surface area contributed by atoms with E-state index in [1.54, 1.807) is 6.08 Å². The number of rotatable bonds is 2. The summed E-state index contributed by atoms with van der Waals surface area (Å²) in [5, 5.41) is 9.53. The van der Waals surface area contributed by atoms with Crippen molar-refractivity contribution in [1.29, 1.82) is 0 Å². The van der Waals surface area contributed by atoms with Crippen molar-refractivity contribution in [2.45, 2.75) is 50.8 Å². The Morgan fingerprint density at radius 1 is 1.23 bits per heavy atom. The van der Waals surface area contributed by atoms with Crippen LogP contribution >= 0.6 is 0 Å². The van der Waals surface area contributed by atoms with Crippen LogP contribution in [0.3, 0.4) is 0 Å². The Bertz CT molecular complexity index is 220. The molecule has 0 spiro atoms. The Morgan fingerprint density at radius 2 is 1.92 bits per heavy atom. The summed E-state index contributed by atoms with van der Waals surface area (Å²) in [5.74, 6) is -0.457. The van der Waals surface area contributed by atoms with Gasteiger partial charge in [0.2, 0.25) is 0 Å².